The highest BCUT2D eigenvalue weighted by Gasteiger charge is 2.34. The third-order valence-corrected chi connectivity index (χ3v) is 3.78. The lowest BCUT2D eigenvalue weighted by molar-refractivity contribution is -0.274. The van der Waals surface area contributed by atoms with Gasteiger partial charge in [-0.05, 0) is 24.3 Å². The maximum Gasteiger partial charge on any atom is 0.573 e. The predicted octanol–water partition coefficient (Wildman–Crippen LogP) is 5.98. The molecular weight excluding hydrogens is 450 g/mol. The maximum atomic E-state index is 12.9. The topological polar surface area (TPSA) is 44.8 Å². The molecule has 0 aliphatic rings. The molecule has 2 aromatic carbocycles. The van der Waals surface area contributed by atoms with Gasteiger partial charge in [0.1, 0.15) is 11.5 Å². The number of ether oxygens (including phenoxy) is 3. The van der Waals surface area contributed by atoms with Crippen molar-refractivity contribution in [1.29, 1.82) is 0 Å². The second kappa shape index (κ2) is 7.67. The molecule has 0 fully saturated rings. The van der Waals surface area contributed by atoms with Crippen molar-refractivity contribution in [2.45, 2.75) is 12.5 Å². The highest BCUT2D eigenvalue weighted by Crippen LogP contribution is 2.41. The number of methoxy groups -OCH3 is 1. The lowest BCUT2D eigenvalue weighted by atomic mass is 10.1. The van der Waals surface area contributed by atoms with E-state index in [2.05, 4.69) is 20.7 Å². The van der Waals surface area contributed by atoms with E-state index < -0.39 is 29.4 Å². The molecule has 0 spiro atoms. The fourth-order valence-electron chi connectivity index (χ4n) is 2.02. The molecule has 11 heteroatoms. The first-order valence-electron chi connectivity index (χ1n) is 6.92. The summed E-state index contributed by atoms with van der Waals surface area (Å²) in [6.07, 6.45) is -9.47. The van der Waals surface area contributed by atoms with Gasteiger partial charge in [0, 0.05) is 10.5 Å². The van der Waals surface area contributed by atoms with Crippen LogP contribution in [-0.2, 0) is 6.18 Å². The first-order valence-corrected chi connectivity index (χ1v) is 7.71. The van der Waals surface area contributed by atoms with Gasteiger partial charge < -0.3 is 14.2 Å². The summed E-state index contributed by atoms with van der Waals surface area (Å²) in [5, 5.41) is 0. The molecule has 0 aliphatic carbocycles. The van der Waals surface area contributed by atoms with E-state index in [0.717, 1.165) is 31.4 Å². The summed E-state index contributed by atoms with van der Waals surface area (Å²) < 4.78 is 89.2. The number of hydrogen-bond acceptors (Lipinski definition) is 4. The van der Waals surface area contributed by atoms with E-state index in [0.29, 0.717) is 6.07 Å². The summed E-state index contributed by atoms with van der Waals surface area (Å²) in [5.74, 6) is -1.17. The summed E-state index contributed by atoms with van der Waals surface area (Å²) in [7, 11) is 1.14. The van der Waals surface area contributed by atoms with Crippen molar-refractivity contribution in [3.05, 3.63) is 45.9 Å². The Kier molecular flexibility index (Phi) is 5.93. The van der Waals surface area contributed by atoms with Crippen molar-refractivity contribution in [3.63, 3.8) is 0 Å². The van der Waals surface area contributed by atoms with Crippen LogP contribution in [0.1, 0.15) is 15.9 Å². The van der Waals surface area contributed by atoms with Crippen molar-refractivity contribution in [1.82, 2.24) is 0 Å². The van der Waals surface area contributed by atoms with Gasteiger partial charge in [-0.15, -0.1) is 13.2 Å². The van der Waals surface area contributed by atoms with Gasteiger partial charge >= 0.3 is 12.5 Å². The third kappa shape index (κ3) is 5.28. The van der Waals surface area contributed by atoms with Gasteiger partial charge in [0.15, 0.2) is 17.8 Å². The normalized spacial score (nSPS) is 11.9. The highest BCUT2D eigenvalue weighted by molar-refractivity contribution is 9.10. The number of aldehydes is 1. The molecule has 0 saturated heterocycles. The largest absolute Gasteiger partial charge is 0.573 e. The first kappa shape index (κ1) is 20.9. The monoisotopic (exact) mass is 458 g/mol. The Morgan fingerprint density at radius 2 is 1.63 bits per heavy atom. The Morgan fingerprint density at radius 1 is 0.963 bits per heavy atom. The molecule has 0 atom stereocenters. The summed E-state index contributed by atoms with van der Waals surface area (Å²) in [6, 6.07) is 4.36. The van der Waals surface area contributed by atoms with Crippen LogP contribution in [0.2, 0.25) is 0 Å². The molecule has 0 unspecified atom stereocenters. The lowest BCUT2D eigenvalue weighted by Crippen LogP contribution is -2.17. The summed E-state index contributed by atoms with van der Waals surface area (Å²) in [4.78, 5) is 11.1. The van der Waals surface area contributed by atoms with Gasteiger partial charge in [-0.3, -0.25) is 4.79 Å². The minimum atomic E-state index is -4.92. The standard InChI is InChI=1S/C16H9BrF6O4/c1-25-14-5-9(27-16(21,22)23)2-3-12(14)26-13-6-11(17)10(15(18,19)20)4-8(13)7-24/h2-7H,1H3. The molecule has 0 aliphatic heterocycles. The van der Waals surface area contributed by atoms with Crippen molar-refractivity contribution < 1.29 is 45.3 Å². The predicted molar refractivity (Wildman–Crippen MR) is 84.3 cm³/mol. The van der Waals surface area contributed by atoms with E-state index >= 15 is 0 Å². The number of alkyl halides is 6. The number of carbonyl (C=O) groups is 1. The van der Waals surface area contributed by atoms with E-state index in [4.69, 9.17) is 9.47 Å². The Labute approximate surface area is 156 Å². The lowest BCUT2D eigenvalue weighted by Gasteiger charge is -2.16. The number of rotatable bonds is 5. The second-order valence-corrected chi connectivity index (χ2v) is 5.80. The quantitative estimate of drug-likeness (QED) is 0.408. The van der Waals surface area contributed by atoms with Crippen molar-refractivity contribution in [2.75, 3.05) is 7.11 Å². The van der Waals surface area contributed by atoms with E-state index in [-0.39, 0.29) is 28.0 Å². The number of halogens is 7. The molecule has 0 N–H and O–H groups in total. The molecular formula is C16H9BrF6O4. The van der Waals surface area contributed by atoms with Crippen LogP contribution >= 0.6 is 15.9 Å². The molecule has 0 saturated carbocycles. The van der Waals surface area contributed by atoms with E-state index in [9.17, 15) is 31.1 Å². The van der Waals surface area contributed by atoms with Crippen molar-refractivity contribution in [2.24, 2.45) is 0 Å². The van der Waals surface area contributed by atoms with Gasteiger partial charge in [0.05, 0.1) is 18.2 Å². The zero-order valence-corrected chi connectivity index (χ0v) is 14.8. The number of hydrogen-bond donors (Lipinski definition) is 0. The minimum Gasteiger partial charge on any atom is -0.493 e. The number of benzene rings is 2. The molecule has 4 nitrogen and oxygen atoms in total. The third-order valence-electron chi connectivity index (χ3n) is 3.12. The Balaban J connectivity index is 2.42. The molecule has 0 radical (unpaired) electrons. The van der Waals surface area contributed by atoms with Crippen LogP contribution in [0.5, 0.6) is 23.0 Å². The zero-order chi connectivity index (χ0) is 20.4. The molecule has 2 aromatic rings. The van der Waals surface area contributed by atoms with E-state index in [1.54, 1.807) is 0 Å². The average molecular weight is 459 g/mol. The second-order valence-electron chi connectivity index (χ2n) is 4.95. The van der Waals surface area contributed by atoms with Crippen LogP contribution in [-0.4, -0.2) is 19.8 Å². The first-order chi connectivity index (χ1) is 12.4. The molecule has 146 valence electrons. The Bertz CT molecular complexity index is 848. The van der Waals surface area contributed by atoms with Crippen LogP contribution in [0, 0.1) is 0 Å². The van der Waals surface area contributed by atoms with Crippen molar-refractivity contribution in [3.8, 4) is 23.0 Å². The van der Waals surface area contributed by atoms with Gasteiger partial charge in [-0.2, -0.15) is 13.2 Å². The van der Waals surface area contributed by atoms with E-state index in [1.165, 1.54) is 0 Å². The van der Waals surface area contributed by atoms with Gasteiger partial charge in [-0.25, -0.2) is 0 Å². The average Bonchev–Trinajstić information content (AvgIpc) is 2.53. The van der Waals surface area contributed by atoms with Crippen LogP contribution < -0.4 is 14.2 Å². The fourth-order valence-corrected chi connectivity index (χ4v) is 2.56. The number of carbonyl (C=O) groups excluding carboxylic acids is 1. The van der Waals surface area contributed by atoms with Crippen LogP contribution in [0.15, 0.2) is 34.8 Å². The van der Waals surface area contributed by atoms with Gasteiger partial charge in [0.2, 0.25) is 0 Å². The minimum absolute atomic E-state index is 0.137. The summed E-state index contributed by atoms with van der Waals surface area (Å²) >= 11 is 2.75. The molecule has 0 heterocycles. The highest BCUT2D eigenvalue weighted by atomic mass is 79.9. The molecule has 0 bridgehead atoms. The van der Waals surface area contributed by atoms with Gasteiger partial charge in [-0.1, -0.05) is 15.9 Å². The van der Waals surface area contributed by atoms with E-state index in [1.807, 2.05) is 0 Å². The molecule has 2 rings (SSSR count). The Hall–Kier alpha value is -2.43. The molecule has 0 amide bonds. The Morgan fingerprint density at radius 3 is 2.15 bits per heavy atom. The molecule has 27 heavy (non-hydrogen) atoms. The van der Waals surface area contributed by atoms with Crippen molar-refractivity contribution >= 4 is 22.2 Å². The van der Waals surface area contributed by atoms with Crippen LogP contribution in [0.4, 0.5) is 26.3 Å². The fraction of sp³-hybridized carbons (Fsp3) is 0.188. The van der Waals surface area contributed by atoms with Crippen LogP contribution in [0.3, 0.4) is 0 Å². The maximum absolute atomic E-state index is 12.9. The van der Waals surface area contributed by atoms with Gasteiger partial charge in [0.25, 0.3) is 0 Å². The van der Waals surface area contributed by atoms with Crippen LogP contribution in [0.25, 0.3) is 0 Å². The zero-order valence-electron chi connectivity index (χ0n) is 13.2. The summed E-state index contributed by atoms with van der Waals surface area (Å²) in [5.41, 5.74) is -1.50. The summed E-state index contributed by atoms with van der Waals surface area (Å²) in [6.45, 7) is 0. The molecule has 0 aromatic heterocycles. The smallest absolute Gasteiger partial charge is 0.493 e. The SMILES string of the molecule is COc1cc(OC(F)(F)F)ccc1Oc1cc(Br)c(C(F)(F)F)cc1C=O.